The summed E-state index contributed by atoms with van der Waals surface area (Å²) in [4.78, 5) is 15.8. The van der Waals surface area contributed by atoms with Crippen molar-refractivity contribution in [2.75, 3.05) is 19.7 Å². The molecule has 0 saturated carbocycles. The van der Waals surface area contributed by atoms with Gasteiger partial charge in [0.15, 0.2) is 0 Å². The molecular formula is C17H21N3O2. The second-order valence-electron chi connectivity index (χ2n) is 4.92. The Morgan fingerprint density at radius 2 is 1.86 bits per heavy atom. The van der Waals surface area contributed by atoms with Gasteiger partial charge in [-0.1, -0.05) is 23.8 Å². The number of urea groups is 1. The number of nitrogens with one attached hydrogen (secondary N) is 2. The number of nitrogens with zero attached hydrogens (tertiary/aromatic N) is 1. The number of aromatic nitrogens is 1. The summed E-state index contributed by atoms with van der Waals surface area (Å²) in [5.41, 5.74) is 2.16. The molecule has 116 valence electrons. The number of aryl methyl sites for hydroxylation is 1. The summed E-state index contributed by atoms with van der Waals surface area (Å²) in [5, 5.41) is 5.55. The fourth-order valence-electron chi connectivity index (χ4n) is 1.88. The standard InChI is InChI=1S/C17H21N3O2/c1-14-5-7-16(8-6-14)22-13-12-20-17(21)19-11-9-15-4-2-3-10-18-15/h2-8,10H,9,11-13H2,1H3,(H2,19,20,21). The minimum absolute atomic E-state index is 0.191. The van der Waals surface area contributed by atoms with Gasteiger partial charge in [-0.05, 0) is 31.2 Å². The lowest BCUT2D eigenvalue weighted by Gasteiger charge is -2.09. The maximum absolute atomic E-state index is 11.6. The molecule has 1 aromatic carbocycles. The van der Waals surface area contributed by atoms with Crippen LogP contribution in [0, 0.1) is 6.92 Å². The van der Waals surface area contributed by atoms with Crippen LogP contribution in [0.2, 0.25) is 0 Å². The number of rotatable bonds is 7. The minimum Gasteiger partial charge on any atom is -0.492 e. The molecule has 5 heteroatoms. The molecule has 0 spiro atoms. The number of carbonyl (C=O) groups is 1. The molecule has 0 bridgehead atoms. The van der Waals surface area contributed by atoms with Gasteiger partial charge in [0, 0.05) is 24.9 Å². The van der Waals surface area contributed by atoms with Crippen molar-refractivity contribution >= 4 is 6.03 Å². The lowest BCUT2D eigenvalue weighted by Crippen LogP contribution is -2.38. The third-order valence-electron chi connectivity index (χ3n) is 3.07. The van der Waals surface area contributed by atoms with Gasteiger partial charge in [-0.2, -0.15) is 0 Å². The van der Waals surface area contributed by atoms with E-state index in [0.29, 0.717) is 26.1 Å². The maximum Gasteiger partial charge on any atom is 0.314 e. The van der Waals surface area contributed by atoms with Crippen molar-refractivity contribution in [1.29, 1.82) is 0 Å². The number of hydrogen-bond acceptors (Lipinski definition) is 3. The molecule has 0 aliphatic carbocycles. The van der Waals surface area contributed by atoms with Crippen LogP contribution in [0.3, 0.4) is 0 Å². The third-order valence-corrected chi connectivity index (χ3v) is 3.07. The molecule has 0 saturated heterocycles. The van der Waals surface area contributed by atoms with Crippen LogP contribution in [0.25, 0.3) is 0 Å². The van der Waals surface area contributed by atoms with Crippen molar-refractivity contribution in [3.05, 3.63) is 59.9 Å². The molecule has 5 nitrogen and oxygen atoms in total. The quantitative estimate of drug-likeness (QED) is 0.771. The lowest BCUT2D eigenvalue weighted by molar-refractivity contribution is 0.236. The van der Waals surface area contributed by atoms with Crippen molar-refractivity contribution in [1.82, 2.24) is 15.6 Å². The Bertz CT molecular complexity index is 570. The molecule has 2 amide bonds. The van der Waals surface area contributed by atoms with Gasteiger partial charge in [0.05, 0.1) is 6.54 Å². The van der Waals surface area contributed by atoms with Gasteiger partial charge in [-0.25, -0.2) is 4.79 Å². The van der Waals surface area contributed by atoms with Crippen LogP contribution in [-0.2, 0) is 6.42 Å². The smallest absolute Gasteiger partial charge is 0.314 e. The average Bonchev–Trinajstić information content (AvgIpc) is 2.54. The Balaban J connectivity index is 1.55. The van der Waals surface area contributed by atoms with Crippen molar-refractivity contribution in [3.8, 4) is 5.75 Å². The molecule has 2 aromatic rings. The minimum atomic E-state index is -0.191. The largest absolute Gasteiger partial charge is 0.492 e. The number of hydrogen-bond donors (Lipinski definition) is 2. The van der Waals surface area contributed by atoms with Crippen molar-refractivity contribution < 1.29 is 9.53 Å². The van der Waals surface area contributed by atoms with Crippen LogP contribution < -0.4 is 15.4 Å². The molecule has 0 unspecified atom stereocenters. The van der Waals surface area contributed by atoms with Crippen LogP contribution >= 0.6 is 0 Å². The Labute approximate surface area is 130 Å². The number of pyridine rings is 1. The summed E-state index contributed by atoms with van der Waals surface area (Å²) in [6.45, 7) is 3.49. The molecule has 1 aromatic heterocycles. The fourth-order valence-corrected chi connectivity index (χ4v) is 1.88. The molecule has 0 radical (unpaired) electrons. The van der Waals surface area contributed by atoms with E-state index in [4.69, 9.17) is 4.74 Å². The van der Waals surface area contributed by atoms with Crippen LogP contribution in [0.15, 0.2) is 48.7 Å². The lowest BCUT2D eigenvalue weighted by atomic mass is 10.2. The molecule has 0 atom stereocenters. The third kappa shape index (κ3) is 5.83. The van der Waals surface area contributed by atoms with Crippen molar-refractivity contribution in [2.45, 2.75) is 13.3 Å². The summed E-state index contributed by atoms with van der Waals surface area (Å²) < 4.78 is 5.53. The molecule has 1 heterocycles. The van der Waals surface area contributed by atoms with Gasteiger partial charge in [0.25, 0.3) is 0 Å². The van der Waals surface area contributed by atoms with Gasteiger partial charge in [0.1, 0.15) is 12.4 Å². The Morgan fingerprint density at radius 3 is 2.59 bits per heavy atom. The SMILES string of the molecule is Cc1ccc(OCCNC(=O)NCCc2ccccn2)cc1. The van der Waals surface area contributed by atoms with Crippen LogP contribution in [0.1, 0.15) is 11.3 Å². The molecule has 2 N–H and O–H groups in total. The van der Waals surface area contributed by atoms with Crippen molar-refractivity contribution in [2.24, 2.45) is 0 Å². The maximum atomic E-state index is 11.6. The van der Waals surface area contributed by atoms with Gasteiger partial charge >= 0.3 is 6.03 Å². The summed E-state index contributed by atoms with van der Waals surface area (Å²) in [6, 6.07) is 13.4. The average molecular weight is 299 g/mol. The molecule has 0 fully saturated rings. The van der Waals surface area contributed by atoms with E-state index in [1.54, 1.807) is 6.20 Å². The highest BCUT2D eigenvalue weighted by Gasteiger charge is 2.00. The van der Waals surface area contributed by atoms with E-state index in [2.05, 4.69) is 15.6 Å². The van der Waals surface area contributed by atoms with Crippen LogP contribution in [0.5, 0.6) is 5.75 Å². The molecular weight excluding hydrogens is 278 g/mol. The van der Waals surface area contributed by atoms with Gasteiger partial charge in [-0.15, -0.1) is 0 Å². The first-order chi connectivity index (χ1) is 10.7. The monoisotopic (exact) mass is 299 g/mol. The highest BCUT2D eigenvalue weighted by Crippen LogP contribution is 2.10. The molecule has 0 aliphatic heterocycles. The predicted octanol–water partition coefficient (Wildman–Crippen LogP) is 2.31. The summed E-state index contributed by atoms with van der Waals surface area (Å²) in [6.07, 6.45) is 2.46. The van der Waals surface area contributed by atoms with E-state index in [1.807, 2.05) is 49.4 Å². The summed E-state index contributed by atoms with van der Waals surface area (Å²) in [7, 11) is 0. The van der Waals surface area contributed by atoms with Gasteiger partial charge in [-0.3, -0.25) is 4.98 Å². The zero-order chi connectivity index (χ0) is 15.6. The molecule has 22 heavy (non-hydrogen) atoms. The zero-order valence-electron chi connectivity index (χ0n) is 12.7. The number of amides is 2. The van der Waals surface area contributed by atoms with E-state index >= 15 is 0 Å². The van der Waals surface area contributed by atoms with Crippen molar-refractivity contribution in [3.63, 3.8) is 0 Å². The highest BCUT2D eigenvalue weighted by atomic mass is 16.5. The second kappa shape index (κ2) is 8.67. The van der Waals surface area contributed by atoms with E-state index in [9.17, 15) is 4.79 Å². The Hall–Kier alpha value is -2.56. The highest BCUT2D eigenvalue weighted by molar-refractivity contribution is 5.73. The van der Waals surface area contributed by atoms with E-state index in [1.165, 1.54) is 5.56 Å². The predicted molar refractivity (Wildman–Crippen MR) is 86.0 cm³/mol. The van der Waals surface area contributed by atoms with Gasteiger partial charge in [0.2, 0.25) is 0 Å². The number of benzene rings is 1. The first kappa shape index (κ1) is 15.8. The zero-order valence-corrected chi connectivity index (χ0v) is 12.7. The van der Waals surface area contributed by atoms with E-state index in [-0.39, 0.29) is 6.03 Å². The summed E-state index contributed by atoms with van der Waals surface area (Å²) >= 11 is 0. The topological polar surface area (TPSA) is 63.2 Å². The Morgan fingerprint density at radius 1 is 1.09 bits per heavy atom. The van der Waals surface area contributed by atoms with Gasteiger partial charge < -0.3 is 15.4 Å². The molecule has 2 rings (SSSR count). The first-order valence-electron chi connectivity index (χ1n) is 7.35. The van der Waals surface area contributed by atoms with E-state index < -0.39 is 0 Å². The first-order valence-corrected chi connectivity index (χ1v) is 7.35. The van der Waals surface area contributed by atoms with E-state index in [0.717, 1.165) is 11.4 Å². The van der Waals surface area contributed by atoms with Crippen LogP contribution in [-0.4, -0.2) is 30.7 Å². The number of carbonyl (C=O) groups excluding carboxylic acids is 1. The number of ether oxygens (including phenoxy) is 1. The fraction of sp³-hybridized carbons (Fsp3) is 0.294. The second-order valence-corrected chi connectivity index (χ2v) is 4.92. The Kier molecular flexibility index (Phi) is 6.23. The summed E-state index contributed by atoms with van der Waals surface area (Å²) in [5.74, 6) is 0.808. The van der Waals surface area contributed by atoms with Crippen LogP contribution in [0.4, 0.5) is 4.79 Å². The normalized spacial score (nSPS) is 10.0. The molecule has 0 aliphatic rings.